The minimum Gasteiger partial charge on any atom is -0.321 e. The van der Waals surface area contributed by atoms with Gasteiger partial charge in [0, 0.05) is 15.7 Å². The first-order valence-electron chi connectivity index (χ1n) is 6.78. The molecule has 23 heavy (non-hydrogen) atoms. The Morgan fingerprint density at radius 2 is 1.78 bits per heavy atom. The van der Waals surface area contributed by atoms with Gasteiger partial charge in [-0.1, -0.05) is 40.2 Å². The summed E-state index contributed by atoms with van der Waals surface area (Å²) >= 11 is 3.36. The van der Waals surface area contributed by atoms with Crippen LogP contribution in [-0.4, -0.2) is 4.98 Å². The second-order valence-corrected chi connectivity index (χ2v) is 5.85. The van der Waals surface area contributed by atoms with E-state index in [0.717, 1.165) is 10.0 Å². The molecule has 1 heterocycles. The Morgan fingerprint density at radius 3 is 2.43 bits per heavy atom. The van der Waals surface area contributed by atoms with Gasteiger partial charge in [-0.2, -0.15) is 5.26 Å². The van der Waals surface area contributed by atoms with Crippen molar-refractivity contribution in [2.45, 2.75) is 0 Å². The van der Waals surface area contributed by atoms with Crippen LogP contribution in [0.4, 0.5) is 4.39 Å². The Balaban J connectivity index is 2.24. The van der Waals surface area contributed by atoms with E-state index in [1.807, 2.05) is 30.3 Å². The Labute approximate surface area is 140 Å². The number of pyridine rings is 1. The van der Waals surface area contributed by atoms with Crippen molar-refractivity contribution in [3.05, 3.63) is 80.8 Å². The summed E-state index contributed by atoms with van der Waals surface area (Å²) in [6.45, 7) is 0. The number of halogens is 2. The molecular formula is C18H10BrFN2O. The summed E-state index contributed by atoms with van der Waals surface area (Å²) in [7, 11) is 0. The fraction of sp³-hybridized carbons (Fsp3) is 0. The van der Waals surface area contributed by atoms with E-state index in [2.05, 4.69) is 20.9 Å². The highest BCUT2D eigenvalue weighted by Gasteiger charge is 2.13. The van der Waals surface area contributed by atoms with Crippen molar-refractivity contribution in [3.63, 3.8) is 0 Å². The molecule has 0 aliphatic heterocycles. The van der Waals surface area contributed by atoms with Crippen LogP contribution in [0.2, 0.25) is 0 Å². The highest BCUT2D eigenvalue weighted by atomic mass is 79.9. The molecule has 0 amide bonds. The molecule has 0 saturated carbocycles. The molecule has 0 saturated heterocycles. The minimum absolute atomic E-state index is 0.0311. The molecule has 0 fully saturated rings. The molecule has 0 atom stereocenters. The summed E-state index contributed by atoms with van der Waals surface area (Å²) in [5, 5.41) is 9.26. The third-order valence-corrected chi connectivity index (χ3v) is 3.96. The average Bonchev–Trinajstić information content (AvgIpc) is 2.55. The molecule has 0 aliphatic rings. The summed E-state index contributed by atoms with van der Waals surface area (Å²) < 4.78 is 14.4. The normalized spacial score (nSPS) is 10.3. The standard InChI is InChI=1S/C18H10BrFN2O/c19-13-6-4-11(5-7-13)17-9-15(16(10-21)18(23)22-17)12-2-1-3-14(20)8-12/h1-9H,(H,22,23). The second-order valence-electron chi connectivity index (χ2n) is 4.93. The number of H-pyrrole nitrogens is 1. The van der Waals surface area contributed by atoms with Gasteiger partial charge >= 0.3 is 0 Å². The lowest BCUT2D eigenvalue weighted by Gasteiger charge is -2.08. The van der Waals surface area contributed by atoms with E-state index >= 15 is 0 Å². The molecule has 0 radical (unpaired) electrons. The van der Waals surface area contributed by atoms with Gasteiger partial charge in [-0.3, -0.25) is 4.79 Å². The van der Waals surface area contributed by atoms with E-state index in [-0.39, 0.29) is 5.56 Å². The van der Waals surface area contributed by atoms with E-state index in [1.165, 1.54) is 12.1 Å². The van der Waals surface area contributed by atoms with Gasteiger partial charge in [-0.25, -0.2) is 4.39 Å². The first kappa shape index (κ1) is 15.2. The molecule has 1 aromatic heterocycles. The number of nitrogens with zero attached hydrogens (tertiary/aromatic N) is 1. The van der Waals surface area contributed by atoms with Crippen LogP contribution in [0.3, 0.4) is 0 Å². The topological polar surface area (TPSA) is 56.6 Å². The van der Waals surface area contributed by atoms with Crippen molar-refractivity contribution in [1.82, 2.24) is 4.98 Å². The number of aromatic nitrogens is 1. The Morgan fingerprint density at radius 1 is 1.04 bits per heavy atom. The summed E-state index contributed by atoms with van der Waals surface area (Å²) in [5.74, 6) is -0.420. The monoisotopic (exact) mass is 368 g/mol. The maximum Gasteiger partial charge on any atom is 0.266 e. The largest absolute Gasteiger partial charge is 0.321 e. The third-order valence-electron chi connectivity index (χ3n) is 3.44. The zero-order valence-corrected chi connectivity index (χ0v) is 13.4. The van der Waals surface area contributed by atoms with Gasteiger partial charge in [0.25, 0.3) is 5.56 Å². The Kier molecular flexibility index (Phi) is 4.09. The van der Waals surface area contributed by atoms with Crippen molar-refractivity contribution in [3.8, 4) is 28.5 Å². The van der Waals surface area contributed by atoms with Crippen LogP contribution in [0.1, 0.15) is 5.56 Å². The van der Waals surface area contributed by atoms with Crippen molar-refractivity contribution in [2.75, 3.05) is 0 Å². The first-order valence-corrected chi connectivity index (χ1v) is 7.57. The van der Waals surface area contributed by atoms with Gasteiger partial charge < -0.3 is 4.98 Å². The van der Waals surface area contributed by atoms with Crippen LogP contribution in [0.25, 0.3) is 22.4 Å². The lowest BCUT2D eigenvalue weighted by molar-refractivity contribution is 0.628. The SMILES string of the molecule is N#Cc1c(-c2cccc(F)c2)cc(-c2ccc(Br)cc2)[nH]c1=O. The van der Waals surface area contributed by atoms with Crippen molar-refractivity contribution >= 4 is 15.9 Å². The zero-order chi connectivity index (χ0) is 16.4. The van der Waals surface area contributed by atoms with E-state index in [4.69, 9.17) is 0 Å². The second kappa shape index (κ2) is 6.19. The molecule has 3 rings (SSSR count). The molecule has 0 spiro atoms. The van der Waals surface area contributed by atoms with Crippen molar-refractivity contribution in [1.29, 1.82) is 5.26 Å². The van der Waals surface area contributed by atoms with E-state index in [0.29, 0.717) is 16.8 Å². The van der Waals surface area contributed by atoms with Crippen LogP contribution >= 0.6 is 15.9 Å². The molecule has 0 bridgehead atoms. The molecular weight excluding hydrogens is 359 g/mol. The molecule has 3 nitrogen and oxygen atoms in total. The van der Waals surface area contributed by atoms with Crippen LogP contribution in [0.5, 0.6) is 0 Å². The fourth-order valence-corrected chi connectivity index (χ4v) is 2.60. The lowest BCUT2D eigenvalue weighted by Crippen LogP contribution is -2.12. The number of aromatic amines is 1. The molecule has 0 unspecified atom stereocenters. The summed E-state index contributed by atoms with van der Waals surface area (Å²) in [4.78, 5) is 14.9. The third kappa shape index (κ3) is 3.08. The molecule has 3 aromatic rings. The average molecular weight is 369 g/mol. The van der Waals surface area contributed by atoms with Gasteiger partial charge in [-0.15, -0.1) is 0 Å². The van der Waals surface area contributed by atoms with Gasteiger partial charge in [0.05, 0.1) is 0 Å². The molecule has 1 N–H and O–H groups in total. The van der Waals surface area contributed by atoms with Crippen molar-refractivity contribution in [2.24, 2.45) is 0 Å². The van der Waals surface area contributed by atoms with Crippen LogP contribution in [0.15, 0.2) is 63.9 Å². The first-order chi connectivity index (χ1) is 11.1. The minimum atomic E-state index is -0.493. The van der Waals surface area contributed by atoms with Crippen molar-refractivity contribution < 1.29 is 4.39 Å². The van der Waals surface area contributed by atoms with E-state index in [9.17, 15) is 14.4 Å². The van der Waals surface area contributed by atoms with Gasteiger partial charge in [-0.05, 0) is 41.5 Å². The quantitative estimate of drug-likeness (QED) is 0.724. The fourth-order valence-electron chi connectivity index (χ4n) is 2.34. The molecule has 112 valence electrons. The van der Waals surface area contributed by atoms with Gasteiger partial charge in [0.2, 0.25) is 0 Å². The van der Waals surface area contributed by atoms with Gasteiger partial charge in [0.15, 0.2) is 0 Å². The van der Waals surface area contributed by atoms with Crippen LogP contribution in [0, 0.1) is 17.1 Å². The van der Waals surface area contributed by atoms with Crippen LogP contribution < -0.4 is 5.56 Å². The van der Waals surface area contributed by atoms with Crippen LogP contribution in [-0.2, 0) is 0 Å². The van der Waals surface area contributed by atoms with Gasteiger partial charge in [0.1, 0.15) is 17.4 Å². The summed E-state index contributed by atoms with van der Waals surface area (Å²) in [5.41, 5.74) is 1.75. The Bertz CT molecular complexity index is 972. The molecule has 0 aliphatic carbocycles. The van der Waals surface area contributed by atoms with E-state index < -0.39 is 11.4 Å². The summed E-state index contributed by atoms with van der Waals surface area (Å²) in [6.07, 6.45) is 0. The highest BCUT2D eigenvalue weighted by molar-refractivity contribution is 9.10. The summed E-state index contributed by atoms with van der Waals surface area (Å²) in [6, 6.07) is 16.8. The number of rotatable bonds is 2. The number of nitriles is 1. The number of hydrogen-bond acceptors (Lipinski definition) is 2. The molecule has 5 heteroatoms. The predicted octanol–water partition coefficient (Wildman–Crippen LogP) is 4.48. The number of nitrogens with one attached hydrogen (secondary N) is 1. The predicted molar refractivity (Wildman–Crippen MR) is 90.3 cm³/mol. The smallest absolute Gasteiger partial charge is 0.266 e. The lowest BCUT2D eigenvalue weighted by atomic mass is 9.99. The van der Waals surface area contributed by atoms with E-state index in [1.54, 1.807) is 18.2 Å². The number of hydrogen-bond donors (Lipinski definition) is 1. The Hall–Kier alpha value is -2.71. The maximum atomic E-state index is 13.5. The molecule has 2 aromatic carbocycles. The zero-order valence-electron chi connectivity index (χ0n) is 11.8. The maximum absolute atomic E-state index is 13.5. The highest BCUT2D eigenvalue weighted by Crippen LogP contribution is 2.27. The number of benzene rings is 2.